The normalized spacial score (nSPS) is 19.9. The summed E-state index contributed by atoms with van der Waals surface area (Å²) in [4.78, 5) is 24.1. The lowest BCUT2D eigenvalue weighted by atomic mass is 9.77. The summed E-state index contributed by atoms with van der Waals surface area (Å²) < 4.78 is 5.35. The summed E-state index contributed by atoms with van der Waals surface area (Å²) in [6.45, 7) is 4.19. The third-order valence-corrected chi connectivity index (χ3v) is 6.17. The first-order valence-corrected chi connectivity index (χ1v) is 11.4. The number of ether oxygens (including phenoxy) is 1. The molecule has 2 rings (SSSR count). The van der Waals surface area contributed by atoms with E-state index in [9.17, 15) is 9.59 Å². The van der Waals surface area contributed by atoms with Crippen LogP contribution >= 0.6 is 0 Å². The highest BCUT2D eigenvalue weighted by Gasteiger charge is 2.24. The summed E-state index contributed by atoms with van der Waals surface area (Å²) in [6.07, 6.45) is 17.4. The van der Waals surface area contributed by atoms with Crippen molar-refractivity contribution in [1.82, 2.24) is 0 Å². The summed E-state index contributed by atoms with van der Waals surface area (Å²) in [5, 5.41) is 0. The van der Waals surface area contributed by atoms with Crippen LogP contribution in [0.1, 0.15) is 106 Å². The molecule has 0 amide bonds. The topological polar surface area (TPSA) is 43.4 Å². The third-order valence-electron chi connectivity index (χ3n) is 6.17. The maximum absolute atomic E-state index is 12.4. The lowest BCUT2D eigenvalue weighted by Gasteiger charge is -2.29. The SMILES string of the molecule is C#CC(=O)C(CCC)OC(=O)c1ccc([C@H]2CC[C@H](CCCCCC)CC2)cc1. The highest BCUT2D eigenvalue weighted by atomic mass is 16.5. The Hall–Kier alpha value is -2.08. The van der Waals surface area contributed by atoms with E-state index in [0.717, 1.165) is 12.3 Å². The third kappa shape index (κ3) is 7.35. The average molecular weight is 397 g/mol. The first-order chi connectivity index (χ1) is 14.1. The van der Waals surface area contributed by atoms with Crippen molar-refractivity contribution in [2.45, 2.75) is 96.5 Å². The van der Waals surface area contributed by atoms with E-state index in [1.807, 2.05) is 31.2 Å². The van der Waals surface area contributed by atoms with Crippen molar-refractivity contribution in [1.29, 1.82) is 0 Å². The Morgan fingerprint density at radius 2 is 1.72 bits per heavy atom. The van der Waals surface area contributed by atoms with Crippen LogP contribution in [-0.4, -0.2) is 17.9 Å². The lowest BCUT2D eigenvalue weighted by molar-refractivity contribution is -0.122. The zero-order chi connectivity index (χ0) is 21.1. The number of hydrogen-bond donors (Lipinski definition) is 0. The second-order valence-electron chi connectivity index (χ2n) is 8.38. The van der Waals surface area contributed by atoms with Crippen LogP contribution in [0.15, 0.2) is 24.3 Å². The van der Waals surface area contributed by atoms with Gasteiger partial charge in [-0.05, 0) is 67.6 Å². The second kappa shape index (κ2) is 12.5. The van der Waals surface area contributed by atoms with Crippen molar-refractivity contribution >= 4 is 11.8 Å². The van der Waals surface area contributed by atoms with Gasteiger partial charge in [-0.2, -0.15) is 0 Å². The Morgan fingerprint density at radius 1 is 1.03 bits per heavy atom. The maximum Gasteiger partial charge on any atom is 0.338 e. The summed E-state index contributed by atoms with van der Waals surface area (Å²) in [5.74, 6) is 2.59. The fraction of sp³-hybridized carbons (Fsp3) is 0.615. The molecule has 1 aliphatic carbocycles. The number of benzene rings is 1. The van der Waals surface area contributed by atoms with Crippen molar-refractivity contribution in [3.63, 3.8) is 0 Å². The fourth-order valence-corrected chi connectivity index (χ4v) is 4.33. The minimum Gasteiger partial charge on any atom is -0.450 e. The molecule has 0 bridgehead atoms. The van der Waals surface area contributed by atoms with Crippen molar-refractivity contribution in [2.75, 3.05) is 0 Å². The molecule has 0 N–H and O–H groups in total. The number of hydrogen-bond acceptors (Lipinski definition) is 3. The molecule has 1 fully saturated rings. The van der Waals surface area contributed by atoms with Crippen LogP contribution in [0, 0.1) is 18.3 Å². The largest absolute Gasteiger partial charge is 0.450 e. The number of esters is 1. The number of Topliss-reactive ketones (excluding diaryl/α,β-unsaturated/α-hetero) is 1. The van der Waals surface area contributed by atoms with Gasteiger partial charge in [-0.25, -0.2) is 4.79 Å². The molecule has 3 nitrogen and oxygen atoms in total. The highest BCUT2D eigenvalue weighted by Crippen LogP contribution is 2.37. The molecule has 1 aromatic rings. The van der Waals surface area contributed by atoms with E-state index in [4.69, 9.17) is 11.2 Å². The fourth-order valence-electron chi connectivity index (χ4n) is 4.33. The van der Waals surface area contributed by atoms with Crippen LogP contribution < -0.4 is 0 Å². The van der Waals surface area contributed by atoms with E-state index in [2.05, 4.69) is 12.8 Å². The highest BCUT2D eigenvalue weighted by molar-refractivity contribution is 6.00. The van der Waals surface area contributed by atoms with Crippen LogP contribution in [0.3, 0.4) is 0 Å². The molecule has 29 heavy (non-hydrogen) atoms. The molecule has 1 aliphatic rings. The molecule has 1 atom stereocenters. The van der Waals surface area contributed by atoms with Gasteiger partial charge in [0.2, 0.25) is 5.78 Å². The van der Waals surface area contributed by atoms with E-state index >= 15 is 0 Å². The number of ketones is 1. The van der Waals surface area contributed by atoms with E-state index < -0.39 is 17.9 Å². The second-order valence-corrected chi connectivity index (χ2v) is 8.38. The molecule has 158 valence electrons. The molecule has 0 aromatic heterocycles. The monoisotopic (exact) mass is 396 g/mol. The first-order valence-electron chi connectivity index (χ1n) is 11.4. The summed E-state index contributed by atoms with van der Waals surface area (Å²) >= 11 is 0. The van der Waals surface area contributed by atoms with Crippen LogP contribution in [0.2, 0.25) is 0 Å². The van der Waals surface area contributed by atoms with Gasteiger partial charge in [-0.1, -0.05) is 64.5 Å². The van der Waals surface area contributed by atoms with Gasteiger partial charge in [-0.15, -0.1) is 6.42 Å². The molecular formula is C26H36O3. The van der Waals surface area contributed by atoms with Crippen molar-refractivity contribution in [3.8, 4) is 12.3 Å². The molecule has 1 aromatic carbocycles. The summed E-state index contributed by atoms with van der Waals surface area (Å²) in [7, 11) is 0. The Kier molecular flexibility index (Phi) is 9.98. The number of carbonyl (C=O) groups is 2. The number of rotatable bonds is 11. The zero-order valence-corrected chi connectivity index (χ0v) is 18.1. The molecule has 1 saturated carbocycles. The molecular weight excluding hydrogens is 360 g/mol. The zero-order valence-electron chi connectivity index (χ0n) is 18.1. The Balaban J connectivity index is 1.85. The lowest BCUT2D eigenvalue weighted by Crippen LogP contribution is -2.26. The van der Waals surface area contributed by atoms with Crippen molar-refractivity contribution in [3.05, 3.63) is 35.4 Å². The molecule has 0 aliphatic heterocycles. The number of carbonyl (C=O) groups excluding carboxylic acids is 2. The molecule has 0 heterocycles. The van der Waals surface area contributed by atoms with Gasteiger partial charge in [-0.3, -0.25) is 4.79 Å². The maximum atomic E-state index is 12.4. The van der Waals surface area contributed by atoms with Gasteiger partial charge in [0.25, 0.3) is 0 Å². The molecule has 3 heteroatoms. The Bertz CT molecular complexity index is 675. The Morgan fingerprint density at radius 3 is 2.31 bits per heavy atom. The van der Waals surface area contributed by atoms with E-state index in [0.29, 0.717) is 17.9 Å². The smallest absolute Gasteiger partial charge is 0.338 e. The first kappa shape index (κ1) is 23.2. The van der Waals surface area contributed by atoms with Crippen LogP contribution in [0.4, 0.5) is 0 Å². The summed E-state index contributed by atoms with van der Waals surface area (Å²) in [5.41, 5.74) is 1.78. The van der Waals surface area contributed by atoms with Gasteiger partial charge in [0, 0.05) is 0 Å². The molecule has 0 spiro atoms. The summed E-state index contributed by atoms with van der Waals surface area (Å²) in [6, 6.07) is 7.72. The number of terminal acetylenes is 1. The van der Waals surface area contributed by atoms with Gasteiger partial charge >= 0.3 is 5.97 Å². The quantitative estimate of drug-likeness (QED) is 0.187. The van der Waals surface area contributed by atoms with E-state index in [1.165, 1.54) is 63.4 Å². The predicted octanol–water partition coefficient (Wildman–Crippen LogP) is 6.46. The number of unbranched alkanes of at least 4 members (excludes halogenated alkanes) is 3. The van der Waals surface area contributed by atoms with E-state index in [-0.39, 0.29) is 0 Å². The van der Waals surface area contributed by atoms with E-state index in [1.54, 1.807) is 0 Å². The van der Waals surface area contributed by atoms with Gasteiger partial charge in [0.1, 0.15) is 0 Å². The Labute approximate surface area is 176 Å². The predicted molar refractivity (Wildman–Crippen MR) is 118 cm³/mol. The van der Waals surface area contributed by atoms with Crippen LogP contribution in [0.5, 0.6) is 0 Å². The van der Waals surface area contributed by atoms with Crippen LogP contribution in [-0.2, 0) is 9.53 Å². The minimum absolute atomic E-state index is 0.453. The van der Waals surface area contributed by atoms with Gasteiger partial charge in [0.05, 0.1) is 5.56 Å². The minimum atomic E-state index is -0.843. The van der Waals surface area contributed by atoms with Gasteiger partial charge < -0.3 is 4.74 Å². The van der Waals surface area contributed by atoms with Crippen LogP contribution in [0.25, 0.3) is 0 Å². The van der Waals surface area contributed by atoms with Gasteiger partial charge in [0.15, 0.2) is 6.10 Å². The van der Waals surface area contributed by atoms with Crippen molar-refractivity contribution in [2.24, 2.45) is 5.92 Å². The standard InChI is InChI=1S/C26H36O3/c1-4-7-8-9-11-20-12-14-21(15-13-20)22-16-18-23(19-17-22)26(28)29-25(10-5-2)24(27)6-3/h3,16-21,25H,4-5,7-15H2,1-2H3/t20-,21-,25?. The molecule has 0 saturated heterocycles. The average Bonchev–Trinajstić information content (AvgIpc) is 2.76. The molecule has 1 unspecified atom stereocenters. The van der Waals surface area contributed by atoms with Crippen molar-refractivity contribution < 1.29 is 14.3 Å². The molecule has 0 radical (unpaired) electrons.